The summed E-state index contributed by atoms with van der Waals surface area (Å²) in [4.78, 5) is 2.12. The number of benzene rings is 1. The molecule has 11 heteroatoms. The van der Waals surface area contributed by atoms with Crippen molar-refractivity contribution < 1.29 is 19.4 Å². The molecule has 2 heterocycles. The van der Waals surface area contributed by atoms with Crippen molar-refractivity contribution in [2.24, 2.45) is 0 Å². The fraction of sp³-hybridized carbons (Fsp3) is 0.154. The Labute approximate surface area is 133 Å². The molecule has 0 radical (unpaired) electrons. The maximum Gasteiger partial charge on any atom is 0.310 e. The Morgan fingerprint density at radius 3 is 2.25 bits per heavy atom. The van der Waals surface area contributed by atoms with E-state index in [0.29, 0.717) is 24.4 Å². The number of aromatic nitrogens is 5. The quantitative estimate of drug-likeness (QED) is 0.641. The Balaban J connectivity index is 1.85. The van der Waals surface area contributed by atoms with Gasteiger partial charge < -0.3 is 4.57 Å². The van der Waals surface area contributed by atoms with E-state index in [-0.39, 0.29) is 5.69 Å². The molecule has 130 valence electrons. The van der Waals surface area contributed by atoms with Gasteiger partial charge in [0.2, 0.25) is 0 Å². The number of imidazole rings is 1. The molecule has 0 aliphatic carbocycles. The van der Waals surface area contributed by atoms with Crippen molar-refractivity contribution in [1.29, 1.82) is 0 Å². The highest BCUT2D eigenvalue weighted by molar-refractivity contribution is 8.45. The first-order valence-corrected chi connectivity index (χ1v) is 8.61. The van der Waals surface area contributed by atoms with Gasteiger partial charge in [0.25, 0.3) is 0 Å². The zero-order valence-corrected chi connectivity index (χ0v) is 13.1. The third kappa shape index (κ3) is 3.40. The molecule has 0 aliphatic rings. The van der Waals surface area contributed by atoms with Crippen molar-refractivity contribution in [3.05, 3.63) is 54.4 Å². The van der Waals surface area contributed by atoms with E-state index >= 15 is 0 Å². The Morgan fingerprint density at radius 1 is 1.04 bits per heavy atom. The molecule has 0 unspecified atom stereocenters. The van der Waals surface area contributed by atoms with Crippen molar-refractivity contribution >= 4 is 10.2 Å². The van der Waals surface area contributed by atoms with E-state index < -0.39 is 15.1 Å². The second kappa shape index (κ2) is 4.56. The number of aryl methyl sites for hydroxylation is 1. The van der Waals surface area contributed by atoms with Crippen LogP contribution >= 0.6 is 10.2 Å². The average Bonchev–Trinajstić information content (AvgIpc) is 3.07. The monoisotopic (exact) mass is 365 g/mol. The van der Waals surface area contributed by atoms with Crippen molar-refractivity contribution in [3.8, 4) is 5.69 Å². The van der Waals surface area contributed by atoms with E-state index in [2.05, 4.69) is 15.3 Å². The lowest BCUT2D eigenvalue weighted by Crippen LogP contribution is -2.06. The van der Waals surface area contributed by atoms with Gasteiger partial charge in [-0.05, 0) is 31.2 Å². The smallest absolute Gasteiger partial charge is 0.310 e. The fourth-order valence-electron chi connectivity index (χ4n) is 2.10. The summed E-state index contributed by atoms with van der Waals surface area (Å²) in [5, 5.41) is 7.71. The highest BCUT2D eigenvalue weighted by Gasteiger charge is 2.65. The Bertz CT molecular complexity index is 882. The molecule has 0 bridgehead atoms. The largest absolute Gasteiger partial charge is 0.329 e. The molecule has 0 saturated heterocycles. The van der Waals surface area contributed by atoms with Gasteiger partial charge in [0.15, 0.2) is 0 Å². The lowest BCUT2D eigenvalue weighted by molar-refractivity contribution is 0.364. The van der Waals surface area contributed by atoms with Crippen molar-refractivity contribution in [2.45, 2.75) is 18.4 Å². The zero-order valence-electron chi connectivity index (χ0n) is 12.3. The van der Waals surface area contributed by atoms with Crippen LogP contribution in [0.2, 0.25) is 0 Å². The van der Waals surface area contributed by atoms with Gasteiger partial charge in [-0.1, -0.05) is 24.6 Å². The van der Waals surface area contributed by atoms with Crippen molar-refractivity contribution in [2.75, 3.05) is 0 Å². The summed E-state index contributed by atoms with van der Waals surface area (Å²) >= 11 is 0. The first kappa shape index (κ1) is 16.4. The Morgan fingerprint density at radius 2 is 1.71 bits per heavy atom. The molecular weight excluding hydrogens is 353 g/mol. The summed E-state index contributed by atoms with van der Waals surface area (Å²) in [6, 6.07) is 2.54. The summed E-state index contributed by atoms with van der Waals surface area (Å²) in [6.45, 7) is 2.19. The van der Waals surface area contributed by atoms with Gasteiger partial charge in [-0.2, -0.15) is 0 Å². The van der Waals surface area contributed by atoms with Gasteiger partial charge in [-0.25, -0.2) is 9.67 Å². The summed E-state index contributed by atoms with van der Waals surface area (Å²) in [7, 11) is -9.66. The molecule has 24 heavy (non-hydrogen) atoms. The molecule has 0 amide bonds. The predicted molar refractivity (Wildman–Crippen MR) is 78.8 cm³/mol. The fourth-order valence-corrected chi connectivity index (χ4v) is 2.75. The Kier molecular flexibility index (Phi) is 3.12. The van der Waals surface area contributed by atoms with E-state index in [1.54, 1.807) is 12.4 Å². The van der Waals surface area contributed by atoms with Gasteiger partial charge in [-0.3, -0.25) is 0 Å². The van der Waals surface area contributed by atoms with Gasteiger partial charge in [0.1, 0.15) is 16.4 Å². The van der Waals surface area contributed by atoms with Crippen LogP contribution in [0.15, 0.2) is 47.8 Å². The number of rotatable bonds is 4. The Hall–Kier alpha value is -2.43. The van der Waals surface area contributed by atoms with Crippen LogP contribution in [-0.2, 0) is 6.54 Å². The SMILES string of the molecule is Cc1nccn1Cc1cn(-c2ccc(S(F)(F)(F)(F)F)cc2)nn1. The molecule has 0 spiro atoms. The number of hydrogen-bond donors (Lipinski definition) is 0. The second-order valence-corrected chi connectivity index (χ2v) is 7.63. The third-order valence-corrected chi connectivity index (χ3v) is 4.51. The first-order chi connectivity index (χ1) is 10.9. The van der Waals surface area contributed by atoms with Crippen LogP contribution in [0.3, 0.4) is 0 Å². The molecule has 1 aromatic carbocycles. The number of nitrogens with zero attached hydrogens (tertiary/aromatic N) is 5. The standard InChI is InChI=1S/C13H12F5N5S/c1-10-19-6-7-22(10)8-11-9-23(21-20-11)12-2-4-13(5-3-12)24(14,15,16,17)18/h2-7,9H,8H2,1H3. The topological polar surface area (TPSA) is 48.5 Å². The minimum atomic E-state index is -9.66. The lowest BCUT2D eigenvalue weighted by Gasteiger charge is -2.40. The lowest BCUT2D eigenvalue weighted by atomic mass is 10.3. The summed E-state index contributed by atoms with van der Waals surface area (Å²) in [6.07, 6.45) is 4.88. The normalized spacial score (nSPS) is 15.1. The van der Waals surface area contributed by atoms with Crippen LogP contribution in [0.25, 0.3) is 5.69 Å². The number of hydrogen-bond acceptors (Lipinski definition) is 3. The van der Waals surface area contributed by atoms with E-state index in [0.717, 1.165) is 18.0 Å². The van der Waals surface area contributed by atoms with E-state index in [4.69, 9.17) is 0 Å². The minimum Gasteiger partial charge on any atom is -0.329 e. The van der Waals surface area contributed by atoms with Crippen LogP contribution in [0.1, 0.15) is 11.5 Å². The average molecular weight is 365 g/mol. The van der Waals surface area contributed by atoms with E-state index in [9.17, 15) is 19.4 Å². The molecule has 5 nitrogen and oxygen atoms in total. The summed E-state index contributed by atoms with van der Waals surface area (Å²) < 4.78 is 66.5. The van der Waals surface area contributed by atoms with Gasteiger partial charge >= 0.3 is 10.2 Å². The third-order valence-electron chi connectivity index (χ3n) is 3.34. The van der Waals surface area contributed by atoms with Gasteiger partial charge in [0, 0.05) is 12.4 Å². The maximum absolute atomic E-state index is 12.7. The van der Waals surface area contributed by atoms with E-state index in [1.807, 2.05) is 11.5 Å². The van der Waals surface area contributed by atoms with Crippen LogP contribution in [0.5, 0.6) is 0 Å². The highest BCUT2D eigenvalue weighted by Crippen LogP contribution is 3.02. The highest BCUT2D eigenvalue weighted by atomic mass is 32.5. The molecule has 0 atom stereocenters. The van der Waals surface area contributed by atoms with E-state index in [1.165, 1.54) is 10.9 Å². The first-order valence-electron chi connectivity index (χ1n) is 6.66. The molecule has 0 aliphatic heterocycles. The molecule has 0 fully saturated rings. The van der Waals surface area contributed by atoms with Crippen LogP contribution in [0.4, 0.5) is 19.4 Å². The summed E-state index contributed by atoms with van der Waals surface area (Å²) in [5.74, 6) is 0.768. The van der Waals surface area contributed by atoms with Crippen LogP contribution in [-0.4, -0.2) is 24.5 Å². The minimum absolute atomic E-state index is 0.196. The van der Waals surface area contributed by atoms with Crippen LogP contribution < -0.4 is 0 Å². The molecule has 2 aromatic heterocycles. The van der Waals surface area contributed by atoms with Crippen LogP contribution in [0, 0.1) is 6.92 Å². The maximum atomic E-state index is 12.7. The molecule has 0 N–H and O–H groups in total. The van der Waals surface area contributed by atoms with Gasteiger partial charge in [0.05, 0.1) is 18.4 Å². The number of halogens is 5. The summed E-state index contributed by atoms with van der Waals surface area (Å²) in [5.41, 5.74) is 0.745. The second-order valence-electron chi connectivity index (χ2n) is 5.22. The van der Waals surface area contributed by atoms with Gasteiger partial charge in [-0.15, -0.1) is 5.10 Å². The van der Waals surface area contributed by atoms with Crippen molar-refractivity contribution in [1.82, 2.24) is 24.5 Å². The molecule has 0 saturated carbocycles. The van der Waals surface area contributed by atoms with Crippen molar-refractivity contribution in [3.63, 3.8) is 0 Å². The molecular formula is C13H12F5N5S. The molecule has 3 aromatic rings. The molecule has 3 rings (SSSR count). The zero-order chi connectivity index (χ0) is 17.7. The predicted octanol–water partition coefficient (Wildman–Crippen LogP) is 4.48.